The molecule has 15 heavy (non-hydrogen) atoms. The minimum Gasteiger partial charge on any atom is -0.480 e. The molecule has 0 aromatic rings. The van der Waals surface area contributed by atoms with Crippen molar-refractivity contribution in [3.63, 3.8) is 0 Å². The van der Waals surface area contributed by atoms with E-state index in [1.165, 1.54) is 0 Å². The molecule has 1 aliphatic rings. The van der Waals surface area contributed by atoms with Gasteiger partial charge < -0.3 is 15.3 Å². The van der Waals surface area contributed by atoms with E-state index < -0.39 is 24.1 Å². The van der Waals surface area contributed by atoms with Crippen molar-refractivity contribution in [2.75, 3.05) is 19.6 Å². The number of rotatable bonds is 1. The standard InChI is InChI=1S/C7H9F3N2O3/c8-7(9,10)6(15)12-2-1-11-3-4(12)5(13)14/h4,11H,1-3H2,(H,13,14). The maximum Gasteiger partial charge on any atom is 0.471 e. The number of carbonyl (C=O) groups is 2. The van der Waals surface area contributed by atoms with Crippen LogP contribution in [0.1, 0.15) is 0 Å². The first-order chi connectivity index (χ1) is 6.84. The second-order valence-electron chi connectivity index (χ2n) is 3.05. The maximum absolute atomic E-state index is 12.1. The summed E-state index contributed by atoms with van der Waals surface area (Å²) in [7, 11) is 0. The predicted octanol–water partition coefficient (Wildman–Crippen LogP) is -0.566. The first-order valence-corrected chi connectivity index (χ1v) is 4.15. The summed E-state index contributed by atoms with van der Waals surface area (Å²) in [6.07, 6.45) is -5.02. The highest BCUT2D eigenvalue weighted by molar-refractivity contribution is 5.87. The lowest BCUT2D eigenvalue weighted by Gasteiger charge is -2.33. The number of piperazine rings is 1. The summed E-state index contributed by atoms with van der Waals surface area (Å²) in [4.78, 5) is 21.8. The molecule has 0 aromatic carbocycles. The summed E-state index contributed by atoms with van der Waals surface area (Å²) >= 11 is 0. The molecule has 0 radical (unpaired) electrons. The largest absolute Gasteiger partial charge is 0.480 e. The van der Waals surface area contributed by atoms with Crippen LogP contribution in [0.5, 0.6) is 0 Å². The Bertz CT molecular complexity index is 279. The topological polar surface area (TPSA) is 69.6 Å². The number of carboxylic acid groups (broad SMARTS) is 1. The third-order valence-electron chi connectivity index (χ3n) is 2.03. The van der Waals surface area contributed by atoms with Crippen LogP contribution in [0.2, 0.25) is 0 Å². The van der Waals surface area contributed by atoms with Crippen LogP contribution in [0, 0.1) is 0 Å². The number of carboxylic acids is 1. The Morgan fingerprint density at radius 2 is 2.00 bits per heavy atom. The average Bonchev–Trinajstić information content (AvgIpc) is 2.15. The molecule has 86 valence electrons. The van der Waals surface area contributed by atoms with E-state index in [-0.39, 0.29) is 19.6 Å². The number of aliphatic carboxylic acids is 1. The van der Waals surface area contributed by atoms with E-state index in [4.69, 9.17) is 5.11 Å². The number of amides is 1. The zero-order valence-electron chi connectivity index (χ0n) is 7.54. The lowest BCUT2D eigenvalue weighted by atomic mass is 10.2. The summed E-state index contributed by atoms with van der Waals surface area (Å²) in [5.74, 6) is -3.55. The van der Waals surface area contributed by atoms with Crippen LogP contribution in [0.25, 0.3) is 0 Å². The van der Waals surface area contributed by atoms with Crippen LogP contribution in [-0.2, 0) is 9.59 Å². The summed E-state index contributed by atoms with van der Waals surface area (Å²) < 4.78 is 36.2. The fourth-order valence-corrected chi connectivity index (χ4v) is 1.33. The van der Waals surface area contributed by atoms with Crippen LogP contribution < -0.4 is 5.32 Å². The monoisotopic (exact) mass is 226 g/mol. The van der Waals surface area contributed by atoms with Crippen LogP contribution >= 0.6 is 0 Å². The molecule has 1 rings (SSSR count). The Labute approximate surface area is 82.8 Å². The SMILES string of the molecule is O=C(O)C1CNCCN1C(=O)C(F)(F)F. The molecular formula is C7H9F3N2O3. The van der Waals surface area contributed by atoms with Gasteiger partial charge >= 0.3 is 18.1 Å². The number of halogens is 3. The van der Waals surface area contributed by atoms with E-state index in [9.17, 15) is 22.8 Å². The van der Waals surface area contributed by atoms with Gasteiger partial charge in [0.15, 0.2) is 0 Å². The molecule has 0 spiro atoms. The van der Waals surface area contributed by atoms with E-state index in [0.29, 0.717) is 4.90 Å². The second kappa shape index (κ2) is 4.05. The third-order valence-corrected chi connectivity index (χ3v) is 2.03. The van der Waals surface area contributed by atoms with E-state index in [1.54, 1.807) is 0 Å². The fraction of sp³-hybridized carbons (Fsp3) is 0.714. The molecule has 1 heterocycles. The first-order valence-electron chi connectivity index (χ1n) is 4.15. The minimum absolute atomic E-state index is 0.158. The Balaban J connectivity index is 2.81. The number of alkyl halides is 3. The summed E-state index contributed by atoms with van der Waals surface area (Å²) in [6, 6.07) is -1.45. The highest BCUT2D eigenvalue weighted by Gasteiger charge is 2.46. The highest BCUT2D eigenvalue weighted by atomic mass is 19.4. The maximum atomic E-state index is 12.1. The molecule has 0 saturated carbocycles. The summed E-state index contributed by atoms with van der Waals surface area (Å²) in [5.41, 5.74) is 0. The van der Waals surface area contributed by atoms with E-state index in [0.717, 1.165) is 0 Å². The molecule has 0 aromatic heterocycles. The van der Waals surface area contributed by atoms with Crippen molar-refractivity contribution in [3.05, 3.63) is 0 Å². The van der Waals surface area contributed by atoms with E-state index in [2.05, 4.69) is 5.32 Å². The molecule has 2 N–H and O–H groups in total. The molecule has 1 atom stereocenters. The zero-order valence-corrected chi connectivity index (χ0v) is 7.54. The quantitative estimate of drug-likeness (QED) is 0.628. The van der Waals surface area contributed by atoms with Crippen LogP contribution in [0.15, 0.2) is 0 Å². The van der Waals surface area contributed by atoms with Crippen molar-refractivity contribution in [3.8, 4) is 0 Å². The Kier molecular flexibility index (Phi) is 3.18. The van der Waals surface area contributed by atoms with Gasteiger partial charge in [0.2, 0.25) is 0 Å². The fourth-order valence-electron chi connectivity index (χ4n) is 1.33. The third kappa shape index (κ3) is 2.58. The molecule has 0 aliphatic carbocycles. The Morgan fingerprint density at radius 3 is 2.47 bits per heavy atom. The first kappa shape index (κ1) is 11.8. The molecule has 1 amide bonds. The van der Waals surface area contributed by atoms with Gasteiger partial charge in [0.05, 0.1) is 0 Å². The average molecular weight is 226 g/mol. The molecule has 5 nitrogen and oxygen atoms in total. The van der Waals surface area contributed by atoms with Gasteiger partial charge in [0.1, 0.15) is 6.04 Å². The number of nitrogens with zero attached hydrogens (tertiary/aromatic N) is 1. The van der Waals surface area contributed by atoms with Gasteiger partial charge in [-0.2, -0.15) is 13.2 Å². The Hall–Kier alpha value is -1.31. The normalized spacial score (nSPS) is 22.6. The van der Waals surface area contributed by atoms with Gasteiger partial charge in [-0.05, 0) is 0 Å². The number of carbonyl (C=O) groups excluding carboxylic acids is 1. The van der Waals surface area contributed by atoms with Crippen LogP contribution in [-0.4, -0.2) is 53.7 Å². The van der Waals surface area contributed by atoms with Gasteiger partial charge in [-0.1, -0.05) is 0 Å². The van der Waals surface area contributed by atoms with Crippen molar-refractivity contribution in [2.45, 2.75) is 12.2 Å². The molecule has 1 saturated heterocycles. The molecule has 8 heteroatoms. The van der Waals surface area contributed by atoms with E-state index in [1.807, 2.05) is 0 Å². The second-order valence-corrected chi connectivity index (χ2v) is 3.05. The molecule has 1 aliphatic heterocycles. The zero-order chi connectivity index (χ0) is 11.6. The van der Waals surface area contributed by atoms with Gasteiger partial charge in [-0.25, -0.2) is 4.79 Å². The van der Waals surface area contributed by atoms with Crippen molar-refractivity contribution in [1.29, 1.82) is 0 Å². The van der Waals surface area contributed by atoms with Crippen LogP contribution in [0.4, 0.5) is 13.2 Å². The van der Waals surface area contributed by atoms with E-state index >= 15 is 0 Å². The van der Waals surface area contributed by atoms with Gasteiger partial charge in [0, 0.05) is 19.6 Å². The van der Waals surface area contributed by atoms with Gasteiger partial charge in [0.25, 0.3) is 0 Å². The molecule has 1 fully saturated rings. The number of hydrogen-bond acceptors (Lipinski definition) is 3. The summed E-state index contributed by atoms with van der Waals surface area (Å²) in [6.45, 7) is -0.266. The number of nitrogens with one attached hydrogen (secondary N) is 1. The van der Waals surface area contributed by atoms with Crippen molar-refractivity contribution in [1.82, 2.24) is 10.2 Å². The van der Waals surface area contributed by atoms with Crippen molar-refractivity contribution >= 4 is 11.9 Å². The smallest absolute Gasteiger partial charge is 0.471 e. The molecular weight excluding hydrogens is 217 g/mol. The molecule has 0 bridgehead atoms. The predicted molar refractivity (Wildman–Crippen MR) is 42.1 cm³/mol. The highest BCUT2D eigenvalue weighted by Crippen LogP contribution is 2.20. The lowest BCUT2D eigenvalue weighted by Crippen LogP contribution is -2.59. The van der Waals surface area contributed by atoms with Gasteiger partial charge in [-0.3, -0.25) is 4.79 Å². The van der Waals surface area contributed by atoms with Crippen molar-refractivity contribution in [2.24, 2.45) is 0 Å². The van der Waals surface area contributed by atoms with Crippen LogP contribution in [0.3, 0.4) is 0 Å². The van der Waals surface area contributed by atoms with Crippen molar-refractivity contribution < 1.29 is 27.9 Å². The van der Waals surface area contributed by atoms with Gasteiger partial charge in [-0.15, -0.1) is 0 Å². The summed E-state index contributed by atoms with van der Waals surface area (Å²) in [5, 5.41) is 11.2. The number of hydrogen-bond donors (Lipinski definition) is 2. The lowest BCUT2D eigenvalue weighted by molar-refractivity contribution is -0.190. The molecule has 1 unspecified atom stereocenters. The minimum atomic E-state index is -5.02. The Morgan fingerprint density at radius 1 is 1.40 bits per heavy atom.